The molecule has 1 aliphatic carbocycles. The fourth-order valence-corrected chi connectivity index (χ4v) is 2.36. The van der Waals surface area contributed by atoms with Gasteiger partial charge < -0.3 is 14.6 Å². The number of rotatable bonds is 5. The molecule has 1 N–H and O–H groups in total. The van der Waals surface area contributed by atoms with Gasteiger partial charge in [0.25, 0.3) is 0 Å². The molecule has 1 fully saturated rings. The number of carboxylic acid groups (broad SMARTS) is 1. The number of carbonyl (C=O) groups is 1. The highest BCUT2D eigenvalue weighted by Crippen LogP contribution is 2.33. The number of allylic oxidation sites excluding steroid dienone is 1. The van der Waals surface area contributed by atoms with Gasteiger partial charge in [0.1, 0.15) is 6.61 Å². The molecule has 5 nitrogen and oxygen atoms in total. The highest BCUT2D eigenvalue weighted by atomic mass is 16.5. The SMILES string of the molecule is O=C(O)c1ccc(C2CCOCC2)c(OCC2=CC2)n1. The van der Waals surface area contributed by atoms with Crippen LogP contribution < -0.4 is 4.74 Å². The van der Waals surface area contributed by atoms with Crippen molar-refractivity contribution in [2.75, 3.05) is 19.8 Å². The van der Waals surface area contributed by atoms with E-state index in [4.69, 9.17) is 14.6 Å². The van der Waals surface area contributed by atoms with E-state index in [0.717, 1.165) is 38.0 Å². The third kappa shape index (κ3) is 2.99. The number of nitrogens with zero attached hydrogens (tertiary/aromatic N) is 1. The van der Waals surface area contributed by atoms with Crippen molar-refractivity contribution in [2.24, 2.45) is 0 Å². The van der Waals surface area contributed by atoms with E-state index >= 15 is 0 Å². The summed E-state index contributed by atoms with van der Waals surface area (Å²) < 4.78 is 11.1. The maximum atomic E-state index is 11.0. The van der Waals surface area contributed by atoms with Crippen LogP contribution in [-0.2, 0) is 4.74 Å². The lowest BCUT2D eigenvalue weighted by Gasteiger charge is -2.23. The number of pyridine rings is 1. The number of hydrogen-bond acceptors (Lipinski definition) is 4. The molecule has 1 aromatic heterocycles. The lowest BCUT2D eigenvalue weighted by molar-refractivity contribution is 0.0688. The van der Waals surface area contributed by atoms with Gasteiger partial charge in [0.15, 0.2) is 5.69 Å². The van der Waals surface area contributed by atoms with Crippen molar-refractivity contribution in [1.29, 1.82) is 0 Å². The second-order valence-corrected chi connectivity index (χ2v) is 5.14. The molecule has 0 spiro atoms. The summed E-state index contributed by atoms with van der Waals surface area (Å²) in [5.74, 6) is -0.231. The quantitative estimate of drug-likeness (QED) is 0.835. The van der Waals surface area contributed by atoms with Crippen molar-refractivity contribution < 1.29 is 19.4 Å². The summed E-state index contributed by atoms with van der Waals surface area (Å²) in [5.41, 5.74) is 2.27. The Morgan fingerprint density at radius 2 is 2.15 bits per heavy atom. The van der Waals surface area contributed by atoms with Crippen LogP contribution in [-0.4, -0.2) is 35.9 Å². The zero-order valence-corrected chi connectivity index (χ0v) is 11.2. The van der Waals surface area contributed by atoms with Gasteiger partial charge in [-0.2, -0.15) is 0 Å². The van der Waals surface area contributed by atoms with Gasteiger partial charge in [-0.15, -0.1) is 0 Å². The second-order valence-electron chi connectivity index (χ2n) is 5.14. The van der Waals surface area contributed by atoms with Crippen LogP contribution in [0.25, 0.3) is 0 Å². The first-order valence-electron chi connectivity index (χ1n) is 6.86. The second kappa shape index (κ2) is 5.63. The van der Waals surface area contributed by atoms with E-state index in [0.29, 0.717) is 18.4 Å². The van der Waals surface area contributed by atoms with Crippen LogP contribution >= 0.6 is 0 Å². The van der Waals surface area contributed by atoms with Crippen molar-refractivity contribution in [3.05, 3.63) is 35.0 Å². The largest absolute Gasteiger partial charge is 0.477 e. The summed E-state index contributed by atoms with van der Waals surface area (Å²) in [6, 6.07) is 3.39. The Morgan fingerprint density at radius 3 is 2.80 bits per heavy atom. The molecular formula is C15H17NO4. The first-order valence-corrected chi connectivity index (χ1v) is 6.86. The molecule has 0 radical (unpaired) electrons. The summed E-state index contributed by atoms with van der Waals surface area (Å²) in [5, 5.41) is 9.05. The third-order valence-corrected chi connectivity index (χ3v) is 3.66. The minimum atomic E-state index is -1.03. The minimum absolute atomic E-state index is 0.0283. The van der Waals surface area contributed by atoms with Crippen molar-refractivity contribution in [1.82, 2.24) is 4.98 Å². The summed E-state index contributed by atoms with van der Waals surface area (Å²) in [6.45, 7) is 1.97. The molecule has 5 heteroatoms. The summed E-state index contributed by atoms with van der Waals surface area (Å²) in [6.07, 6.45) is 4.93. The Labute approximate surface area is 117 Å². The summed E-state index contributed by atoms with van der Waals surface area (Å²) in [4.78, 5) is 15.2. The van der Waals surface area contributed by atoms with E-state index in [1.54, 1.807) is 6.07 Å². The number of aromatic nitrogens is 1. The molecule has 2 aliphatic rings. The lowest BCUT2D eigenvalue weighted by atomic mass is 9.92. The van der Waals surface area contributed by atoms with Gasteiger partial charge in [0, 0.05) is 18.8 Å². The highest BCUT2D eigenvalue weighted by Gasteiger charge is 2.22. The average Bonchev–Trinajstić information content (AvgIpc) is 3.30. The molecule has 1 saturated heterocycles. The van der Waals surface area contributed by atoms with E-state index in [-0.39, 0.29) is 5.69 Å². The number of hydrogen-bond donors (Lipinski definition) is 1. The molecule has 0 atom stereocenters. The van der Waals surface area contributed by atoms with Crippen LogP contribution in [0.5, 0.6) is 5.88 Å². The van der Waals surface area contributed by atoms with Gasteiger partial charge in [-0.3, -0.25) is 0 Å². The Bertz CT molecular complexity index is 547. The van der Waals surface area contributed by atoms with Crippen molar-refractivity contribution in [2.45, 2.75) is 25.2 Å². The molecule has 20 heavy (non-hydrogen) atoms. The Kier molecular flexibility index (Phi) is 3.69. The van der Waals surface area contributed by atoms with Crippen LogP contribution in [0.2, 0.25) is 0 Å². The van der Waals surface area contributed by atoms with Crippen molar-refractivity contribution in [3.8, 4) is 5.88 Å². The van der Waals surface area contributed by atoms with Gasteiger partial charge in [0.2, 0.25) is 5.88 Å². The predicted molar refractivity (Wildman–Crippen MR) is 72.2 cm³/mol. The molecule has 3 rings (SSSR count). The fraction of sp³-hybridized carbons (Fsp3) is 0.467. The molecule has 0 unspecified atom stereocenters. The summed E-state index contributed by atoms with van der Waals surface area (Å²) in [7, 11) is 0. The van der Waals surface area contributed by atoms with E-state index in [1.807, 2.05) is 6.07 Å². The first kappa shape index (κ1) is 13.1. The zero-order chi connectivity index (χ0) is 13.9. The standard InChI is InChI=1S/C15H17NO4/c17-15(18)13-4-3-12(11-5-7-19-8-6-11)14(16-13)20-9-10-1-2-10/h1,3-4,11H,2,5-9H2,(H,17,18). The van der Waals surface area contributed by atoms with Crippen LogP contribution in [0, 0.1) is 0 Å². The van der Waals surface area contributed by atoms with Gasteiger partial charge in [-0.05, 0) is 36.8 Å². The molecule has 2 heterocycles. The van der Waals surface area contributed by atoms with Crippen molar-refractivity contribution in [3.63, 3.8) is 0 Å². The van der Waals surface area contributed by atoms with Gasteiger partial charge in [-0.1, -0.05) is 12.1 Å². The van der Waals surface area contributed by atoms with Gasteiger partial charge in [-0.25, -0.2) is 9.78 Å². The monoisotopic (exact) mass is 275 g/mol. The normalized spacial score (nSPS) is 18.5. The molecule has 0 saturated carbocycles. The molecule has 106 valence electrons. The third-order valence-electron chi connectivity index (χ3n) is 3.66. The van der Waals surface area contributed by atoms with E-state index < -0.39 is 5.97 Å². The summed E-state index contributed by atoms with van der Waals surface area (Å²) >= 11 is 0. The molecular weight excluding hydrogens is 258 g/mol. The highest BCUT2D eigenvalue weighted by molar-refractivity contribution is 5.85. The minimum Gasteiger partial charge on any atom is -0.477 e. The first-order chi connectivity index (χ1) is 9.74. The van der Waals surface area contributed by atoms with Crippen LogP contribution in [0.15, 0.2) is 23.8 Å². The van der Waals surface area contributed by atoms with E-state index in [1.165, 1.54) is 5.57 Å². The topological polar surface area (TPSA) is 68.7 Å². The zero-order valence-electron chi connectivity index (χ0n) is 11.2. The fourth-order valence-electron chi connectivity index (χ4n) is 2.36. The maximum absolute atomic E-state index is 11.0. The maximum Gasteiger partial charge on any atom is 0.354 e. The van der Waals surface area contributed by atoms with Gasteiger partial charge >= 0.3 is 5.97 Å². The number of carboxylic acids is 1. The average molecular weight is 275 g/mol. The van der Waals surface area contributed by atoms with Gasteiger partial charge in [0.05, 0.1) is 0 Å². The lowest BCUT2D eigenvalue weighted by Crippen LogP contribution is -2.16. The van der Waals surface area contributed by atoms with Crippen LogP contribution in [0.3, 0.4) is 0 Å². The Balaban J connectivity index is 1.84. The Hall–Kier alpha value is -1.88. The van der Waals surface area contributed by atoms with Crippen LogP contribution in [0.1, 0.15) is 41.2 Å². The number of ether oxygens (including phenoxy) is 2. The molecule has 1 aliphatic heterocycles. The van der Waals surface area contributed by atoms with Crippen molar-refractivity contribution >= 4 is 5.97 Å². The molecule has 0 aromatic carbocycles. The molecule has 0 amide bonds. The number of aromatic carboxylic acids is 1. The smallest absolute Gasteiger partial charge is 0.354 e. The molecule has 0 bridgehead atoms. The molecule has 1 aromatic rings. The Morgan fingerprint density at radius 1 is 1.40 bits per heavy atom. The predicted octanol–water partition coefficient (Wildman–Crippen LogP) is 2.38. The van der Waals surface area contributed by atoms with Crippen LogP contribution in [0.4, 0.5) is 0 Å². The van der Waals surface area contributed by atoms with E-state index in [9.17, 15) is 4.79 Å². The van der Waals surface area contributed by atoms with E-state index in [2.05, 4.69) is 11.1 Å².